The first-order chi connectivity index (χ1) is 17.2. The van der Waals surface area contributed by atoms with Crippen molar-refractivity contribution in [1.82, 2.24) is 15.5 Å². The molecule has 3 rings (SSSR count). The second-order valence-corrected chi connectivity index (χ2v) is 9.79. The molecule has 0 saturated carbocycles. The number of nitrogens with zero attached hydrogens (tertiary/aromatic N) is 1. The fraction of sp³-hybridized carbons (Fsp3) is 0.481. The minimum Gasteiger partial charge on any atom is -0.490 e. The third kappa shape index (κ3) is 9.73. The van der Waals surface area contributed by atoms with E-state index in [1.54, 1.807) is 32.9 Å². The van der Waals surface area contributed by atoms with Crippen molar-refractivity contribution in [2.24, 2.45) is 0 Å². The molecule has 1 aliphatic heterocycles. The Labute approximate surface area is 212 Å². The van der Waals surface area contributed by atoms with E-state index in [9.17, 15) is 14.0 Å². The fourth-order valence-electron chi connectivity index (χ4n) is 3.89. The molecule has 0 unspecified atom stereocenters. The van der Waals surface area contributed by atoms with Gasteiger partial charge in [-0.1, -0.05) is 30.3 Å². The Hall–Kier alpha value is -3.33. The lowest BCUT2D eigenvalue weighted by atomic mass is 10.0. The maximum absolute atomic E-state index is 13.1. The van der Waals surface area contributed by atoms with Crippen LogP contribution in [0.5, 0.6) is 5.75 Å². The maximum Gasteiger partial charge on any atom is 0.407 e. The van der Waals surface area contributed by atoms with Gasteiger partial charge in [-0.25, -0.2) is 14.0 Å². The van der Waals surface area contributed by atoms with Crippen molar-refractivity contribution < 1.29 is 28.2 Å². The highest BCUT2D eigenvalue weighted by atomic mass is 19.1. The van der Waals surface area contributed by atoms with Gasteiger partial charge in [0.2, 0.25) is 0 Å². The van der Waals surface area contributed by atoms with Crippen LogP contribution in [0.3, 0.4) is 0 Å². The molecule has 2 N–H and O–H groups in total. The second-order valence-electron chi connectivity index (χ2n) is 9.79. The summed E-state index contributed by atoms with van der Waals surface area (Å²) in [5.74, 6) is 0.341. The fourth-order valence-corrected chi connectivity index (χ4v) is 3.89. The highest BCUT2D eigenvalue weighted by molar-refractivity contribution is 5.68. The Bertz CT molecular complexity index is 958. The van der Waals surface area contributed by atoms with Gasteiger partial charge in [-0.15, -0.1) is 0 Å². The molecule has 1 atom stereocenters. The predicted octanol–water partition coefficient (Wildman–Crippen LogP) is 4.49. The van der Waals surface area contributed by atoms with Gasteiger partial charge in [-0.3, -0.25) is 4.90 Å². The van der Waals surface area contributed by atoms with E-state index in [4.69, 9.17) is 14.2 Å². The van der Waals surface area contributed by atoms with Crippen molar-refractivity contribution in [3.63, 3.8) is 0 Å². The van der Waals surface area contributed by atoms with E-state index in [1.807, 2.05) is 30.3 Å². The van der Waals surface area contributed by atoms with Gasteiger partial charge in [-0.2, -0.15) is 0 Å². The molecule has 9 heteroatoms. The van der Waals surface area contributed by atoms with Gasteiger partial charge in [0.25, 0.3) is 0 Å². The van der Waals surface area contributed by atoms with E-state index in [2.05, 4.69) is 15.5 Å². The van der Waals surface area contributed by atoms with E-state index in [1.165, 1.54) is 12.1 Å². The monoisotopic (exact) mass is 501 g/mol. The second kappa shape index (κ2) is 13.1. The Morgan fingerprint density at radius 3 is 2.19 bits per heavy atom. The summed E-state index contributed by atoms with van der Waals surface area (Å²) in [4.78, 5) is 26.7. The average molecular weight is 502 g/mol. The van der Waals surface area contributed by atoms with Crippen molar-refractivity contribution in [2.75, 3.05) is 26.2 Å². The van der Waals surface area contributed by atoms with Gasteiger partial charge < -0.3 is 24.8 Å². The lowest BCUT2D eigenvalue weighted by Gasteiger charge is -2.37. The molecule has 2 aromatic rings. The van der Waals surface area contributed by atoms with Gasteiger partial charge in [0.1, 0.15) is 29.9 Å². The van der Waals surface area contributed by atoms with Crippen LogP contribution < -0.4 is 15.4 Å². The van der Waals surface area contributed by atoms with Gasteiger partial charge >= 0.3 is 12.2 Å². The topological polar surface area (TPSA) is 89.1 Å². The Kier molecular flexibility index (Phi) is 9.93. The number of rotatable bonds is 9. The summed E-state index contributed by atoms with van der Waals surface area (Å²) in [5.41, 5.74) is 0.300. The molecule has 36 heavy (non-hydrogen) atoms. The van der Waals surface area contributed by atoms with Crippen molar-refractivity contribution in [1.29, 1.82) is 0 Å². The summed E-state index contributed by atoms with van der Waals surface area (Å²) in [6.07, 6.45) is 0.511. The molecule has 1 heterocycles. The summed E-state index contributed by atoms with van der Waals surface area (Å²) in [6.45, 7) is 7.63. The molecule has 0 aromatic heterocycles. The van der Waals surface area contributed by atoms with Crippen molar-refractivity contribution >= 4 is 12.2 Å². The molecule has 0 aliphatic carbocycles. The third-order valence-electron chi connectivity index (χ3n) is 5.69. The number of amides is 2. The Morgan fingerprint density at radius 2 is 1.58 bits per heavy atom. The quantitative estimate of drug-likeness (QED) is 0.526. The summed E-state index contributed by atoms with van der Waals surface area (Å²) >= 11 is 0. The maximum atomic E-state index is 13.1. The molecular formula is C27H36FN3O5. The molecule has 1 fully saturated rings. The van der Waals surface area contributed by atoms with E-state index in [0.717, 1.165) is 18.4 Å². The molecule has 2 aromatic carbocycles. The number of alkyl carbamates (subject to hydrolysis) is 2. The Balaban J connectivity index is 1.51. The normalized spacial score (nSPS) is 15.6. The van der Waals surface area contributed by atoms with Crippen molar-refractivity contribution in [3.05, 3.63) is 66.0 Å². The van der Waals surface area contributed by atoms with Gasteiger partial charge in [-0.05, 0) is 63.4 Å². The van der Waals surface area contributed by atoms with Crippen LogP contribution in [0.15, 0.2) is 54.6 Å². The number of carbonyl (C=O) groups is 2. The van der Waals surface area contributed by atoms with Crippen LogP contribution in [0.25, 0.3) is 0 Å². The molecule has 1 saturated heterocycles. The SMILES string of the molecule is CC(C)(C)OC(=O)NC[C@@H](CNC(=O)OCc1ccccc1)N1CCC(Oc2ccc(F)cc2)CC1. The lowest BCUT2D eigenvalue weighted by molar-refractivity contribution is 0.0467. The van der Waals surface area contributed by atoms with E-state index >= 15 is 0 Å². The standard InChI is InChI=1S/C27H36FN3O5/c1-27(2,3)36-26(33)30-18-22(17-29-25(32)34-19-20-7-5-4-6-8-20)31-15-13-24(14-16-31)35-23-11-9-21(28)10-12-23/h4-12,22,24H,13-19H2,1-3H3,(H,29,32)(H,30,33)/t22-/m1/s1. The number of likely N-dealkylation sites (tertiary alicyclic amines) is 1. The predicted molar refractivity (Wildman–Crippen MR) is 134 cm³/mol. The molecule has 1 aliphatic rings. The van der Waals surface area contributed by atoms with Crippen molar-refractivity contribution in [3.8, 4) is 5.75 Å². The molecule has 0 radical (unpaired) electrons. The summed E-state index contributed by atoms with van der Waals surface area (Å²) in [6, 6.07) is 15.3. The number of halogens is 1. The molecule has 2 amide bonds. The zero-order chi connectivity index (χ0) is 26.0. The number of hydrogen-bond donors (Lipinski definition) is 2. The molecular weight excluding hydrogens is 465 g/mol. The van der Waals surface area contributed by atoms with E-state index in [-0.39, 0.29) is 24.6 Å². The number of carbonyl (C=O) groups excluding carboxylic acids is 2. The minimum absolute atomic E-state index is 0.00923. The van der Waals surface area contributed by atoms with E-state index < -0.39 is 17.8 Å². The van der Waals surface area contributed by atoms with Crippen LogP contribution in [-0.4, -0.2) is 61.0 Å². The van der Waals surface area contributed by atoms with Crippen LogP contribution >= 0.6 is 0 Å². The molecule has 0 bridgehead atoms. The number of ether oxygens (including phenoxy) is 3. The van der Waals surface area contributed by atoms with Gasteiger partial charge in [0.05, 0.1) is 0 Å². The van der Waals surface area contributed by atoms with Gasteiger partial charge in [0, 0.05) is 32.2 Å². The van der Waals surface area contributed by atoms with Crippen LogP contribution in [0.1, 0.15) is 39.2 Å². The minimum atomic E-state index is -0.602. The summed E-state index contributed by atoms with van der Waals surface area (Å²) < 4.78 is 29.8. The number of hydrogen-bond acceptors (Lipinski definition) is 6. The smallest absolute Gasteiger partial charge is 0.407 e. The largest absolute Gasteiger partial charge is 0.490 e. The molecule has 196 valence electrons. The summed E-state index contributed by atoms with van der Waals surface area (Å²) in [7, 11) is 0. The first-order valence-electron chi connectivity index (χ1n) is 12.3. The molecule has 0 spiro atoms. The first-order valence-corrected chi connectivity index (χ1v) is 12.3. The zero-order valence-corrected chi connectivity index (χ0v) is 21.2. The highest BCUT2D eigenvalue weighted by Crippen LogP contribution is 2.20. The van der Waals surface area contributed by atoms with Gasteiger partial charge in [0.15, 0.2) is 0 Å². The van der Waals surface area contributed by atoms with E-state index in [0.29, 0.717) is 31.9 Å². The third-order valence-corrected chi connectivity index (χ3v) is 5.69. The van der Waals surface area contributed by atoms with Crippen LogP contribution in [0.4, 0.5) is 14.0 Å². The number of nitrogens with one attached hydrogen (secondary N) is 2. The first kappa shape index (κ1) is 27.3. The average Bonchev–Trinajstić information content (AvgIpc) is 2.84. The molecule has 8 nitrogen and oxygen atoms in total. The summed E-state index contributed by atoms with van der Waals surface area (Å²) in [5, 5.41) is 5.63. The number of benzene rings is 2. The van der Waals surface area contributed by atoms with Crippen LogP contribution in [-0.2, 0) is 16.1 Å². The highest BCUT2D eigenvalue weighted by Gasteiger charge is 2.27. The van der Waals surface area contributed by atoms with Crippen molar-refractivity contribution in [2.45, 2.75) is 58.0 Å². The Morgan fingerprint density at radius 1 is 0.972 bits per heavy atom. The van der Waals surface area contributed by atoms with Crippen LogP contribution in [0.2, 0.25) is 0 Å². The number of piperidine rings is 1. The zero-order valence-electron chi connectivity index (χ0n) is 21.2. The van der Waals surface area contributed by atoms with Crippen LogP contribution in [0, 0.1) is 5.82 Å². The lowest BCUT2D eigenvalue weighted by Crippen LogP contribution is -2.53.